The van der Waals surface area contributed by atoms with Crippen LogP contribution in [0.2, 0.25) is 5.02 Å². The lowest BCUT2D eigenvalue weighted by atomic mass is 10.2. The molecule has 0 saturated carbocycles. The molecular formula is C9H12BrClN2S. The van der Waals surface area contributed by atoms with Gasteiger partial charge in [0.05, 0.1) is 0 Å². The first-order valence-electron chi connectivity index (χ1n) is 3.90. The Morgan fingerprint density at radius 1 is 1.50 bits per heavy atom. The summed E-state index contributed by atoms with van der Waals surface area (Å²) < 4.78 is 0. The van der Waals surface area contributed by atoms with Gasteiger partial charge in [0.15, 0.2) is 5.17 Å². The average Bonchev–Trinajstić information content (AvgIpc) is 2.03. The fraction of sp³-hybridized carbons (Fsp3) is 0.222. The predicted molar refractivity (Wildman–Crippen MR) is 69.9 cm³/mol. The number of thioether (sulfide) groups is 1. The summed E-state index contributed by atoms with van der Waals surface area (Å²) in [6, 6.07) is 7.73. The average molecular weight is 296 g/mol. The molecule has 2 nitrogen and oxygen atoms in total. The zero-order valence-corrected chi connectivity index (χ0v) is 10.8. The van der Waals surface area contributed by atoms with Gasteiger partial charge in [0.2, 0.25) is 0 Å². The minimum Gasteiger partial charge on any atom is -0.379 e. The Morgan fingerprint density at radius 3 is 2.79 bits per heavy atom. The molecule has 14 heavy (non-hydrogen) atoms. The van der Waals surface area contributed by atoms with Crippen molar-refractivity contribution in [2.75, 3.05) is 5.75 Å². The van der Waals surface area contributed by atoms with E-state index in [1.165, 1.54) is 17.3 Å². The predicted octanol–water partition coefficient (Wildman–Crippen LogP) is 3.09. The number of nitrogens with two attached hydrogens (primary N) is 1. The molecule has 1 aromatic rings. The third-order valence-electron chi connectivity index (χ3n) is 1.54. The highest BCUT2D eigenvalue weighted by Gasteiger charge is 1.95. The van der Waals surface area contributed by atoms with E-state index in [0.29, 0.717) is 0 Å². The van der Waals surface area contributed by atoms with Gasteiger partial charge in [0, 0.05) is 10.8 Å². The van der Waals surface area contributed by atoms with Gasteiger partial charge in [-0.2, -0.15) is 0 Å². The topological polar surface area (TPSA) is 49.9 Å². The summed E-state index contributed by atoms with van der Waals surface area (Å²) in [5.41, 5.74) is 6.39. The van der Waals surface area contributed by atoms with Crippen molar-refractivity contribution < 1.29 is 0 Å². The number of rotatable bonds is 3. The first-order chi connectivity index (χ1) is 6.18. The third kappa shape index (κ3) is 5.52. The van der Waals surface area contributed by atoms with Crippen LogP contribution in [-0.4, -0.2) is 10.9 Å². The second-order valence-corrected chi connectivity index (χ2v) is 4.17. The number of hydrogen-bond acceptors (Lipinski definition) is 2. The maximum atomic E-state index is 7.02. The standard InChI is InChI=1S/C9H11ClN2S.BrH/c10-8-3-1-2-7(6-8)4-5-13-9(11)12;/h1-3,6H,4-5H2,(H3,11,12);1H. The van der Waals surface area contributed by atoms with Crippen LogP contribution in [0.15, 0.2) is 24.3 Å². The van der Waals surface area contributed by atoms with Gasteiger partial charge in [-0.1, -0.05) is 35.5 Å². The molecule has 0 aliphatic carbocycles. The Morgan fingerprint density at radius 2 is 2.21 bits per heavy atom. The number of hydrogen-bond donors (Lipinski definition) is 2. The molecule has 0 bridgehead atoms. The molecule has 0 aliphatic heterocycles. The van der Waals surface area contributed by atoms with E-state index in [-0.39, 0.29) is 22.1 Å². The molecule has 0 fully saturated rings. The quantitative estimate of drug-likeness (QED) is 0.665. The van der Waals surface area contributed by atoms with Gasteiger partial charge >= 0.3 is 0 Å². The van der Waals surface area contributed by atoms with Crippen molar-refractivity contribution in [1.29, 1.82) is 5.41 Å². The minimum atomic E-state index is 0. The Kier molecular flexibility index (Phi) is 7.05. The number of aryl methyl sites for hydroxylation is 1. The van der Waals surface area contributed by atoms with Crippen LogP contribution >= 0.6 is 40.3 Å². The molecule has 0 saturated heterocycles. The molecule has 0 aromatic heterocycles. The summed E-state index contributed by atoms with van der Waals surface area (Å²) >= 11 is 7.16. The van der Waals surface area contributed by atoms with E-state index in [1.807, 2.05) is 24.3 Å². The van der Waals surface area contributed by atoms with Crippen molar-refractivity contribution in [3.63, 3.8) is 0 Å². The van der Waals surface area contributed by atoms with Crippen LogP contribution < -0.4 is 5.73 Å². The lowest BCUT2D eigenvalue weighted by Gasteiger charge is -2.00. The van der Waals surface area contributed by atoms with Gasteiger partial charge in [-0.25, -0.2) is 0 Å². The number of nitrogens with one attached hydrogen (secondary N) is 1. The van der Waals surface area contributed by atoms with Crippen molar-refractivity contribution in [2.45, 2.75) is 6.42 Å². The second-order valence-electron chi connectivity index (χ2n) is 2.59. The van der Waals surface area contributed by atoms with Gasteiger partial charge < -0.3 is 5.73 Å². The maximum Gasteiger partial charge on any atom is 0.151 e. The first-order valence-corrected chi connectivity index (χ1v) is 5.26. The van der Waals surface area contributed by atoms with Gasteiger partial charge in [0.25, 0.3) is 0 Å². The normalized spacial score (nSPS) is 9.21. The molecule has 78 valence electrons. The van der Waals surface area contributed by atoms with Crippen LogP contribution in [0.3, 0.4) is 0 Å². The number of amidine groups is 1. The Hall–Kier alpha value is -0.190. The van der Waals surface area contributed by atoms with E-state index in [2.05, 4.69) is 0 Å². The molecular weight excluding hydrogens is 284 g/mol. The van der Waals surface area contributed by atoms with Crippen molar-refractivity contribution in [3.8, 4) is 0 Å². The minimum absolute atomic E-state index is 0. The number of benzene rings is 1. The smallest absolute Gasteiger partial charge is 0.151 e. The van der Waals surface area contributed by atoms with Crippen LogP contribution in [0.1, 0.15) is 5.56 Å². The highest BCUT2D eigenvalue weighted by molar-refractivity contribution is 8.93. The van der Waals surface area contributed by atoms with Gasteiger partial charge in [0.1, 0.15) is 0 Å². The van der Waals surface area contributed by atoms with Gasteiger partial charge in [-0.3, -0.25) is 5.41 Å². The number of halogens is 2. The largest absolute Gasteiger partial charge is 0.379 e. The maximum absolute atomic E-state index is 7.02. The molecule has 0 unspecified atom stereocenters. The third-order valence-corrected chi connectivity index (χ3v) is 2.49. The van der Waals surface area contributed by atoms with E-state index >= 15 is 0 Å². The molecule has 0 radical (unpaired) electrons. The summed E-state index contributed by atoms with van der Waals surface area (Å²) in [6.45, 7) is 0. The zero-order chi connectivity index (χ0) is 9.68. The van der Waals surface area contributed by atoms with E-state index in [9.17, 15) is 0 Å². The van der Waals surface area contributed by atoms with Crippen molar-refractivity contribution in [2.24, 2.45) is 5.73 Å². The van der Waals surface area contributed by atoms with E-state index in [0.717, 1.165) is 17.2 Å². The second kappa shape index (κ2) is 7.15. The van der Waals surface area contributed by atoms with Gasteiger partial charge in [-0.15, -0.1) is 17.0 Å². The monoisotopic (exact) mass is 294 g/mol. The van der Waals surface area contributed by atoms with E-state index in [1.54, 1.807) is 0 Å². The van der Waals surface area contributed by atoms with Crippen molar-refractivity contribution in [3.05, 3.63) is 34.9 Å². The molecule has 3 N–H and O–H groups in total. The fourth-order valence-corrected chi connectivity index (χ4v) is 1.74. The lowest BCUT2D eigenvalue weighted by Crippen LogP contribution is -2.05. The Labute approximate surface area is 103 Å². The van der Waals surface area contributed by atoms with Crippen molar-refractivity contribution in [1.82, 2.24) is 0 Å². The highest BCUT2D eigenvalue weighted by Crippen LogP contribution is 2.12. The van der Waals surface area contributed by atoms with Gasteiger partial charge in [-0.05, 0) is 24.1 Å². The van der Waals surface area contributed by atoms with Crippen LogP contribution in [-0.2, 0) is 6.42 Å². The zero-order valence-electron chi connectivity index (χ0n) is 7.50. The molecule has 1 rings (SSSR count). The van der Waals surface area contributed by atoms with Crippen LogP contribution in [0.4, 0.5) is 0 Å². The summed E-state index contributed by atoms with van der Waals surface area (Å²) in [7, 11) is 0. The summed E-state index contributed by atoms with van der Waals surface area (Å²) in [4.78, 5) is 0. The highest BCUT2D eigenvalue weighted by atomic mass is 79.9. The SMILES string of the molecule is Br.N=C(N)SCCc1cccc(Cl)c1. The molecule has 0 aliphatic rings. The Balaban J connectivity index is 0.00000169. The fourth-order valence-electron chi connectivity index (χ4n) is 0.971. The lowest BCUT2D eigenvalue weighted by molar-refractivity contribution is 1.16. The van der Waals surface area contributed by atoms with Crippen LogP contribution in [0.25, 0.3) is 0 Å². The van der Waals surface area contributed by atoms with Crippen molar-refractivity contribution >= 4 is 45.5 Å². The van der Waals surface area contributed by atoms with Crippen LogP contribution in [0, 0.1) is 5.41 Å². The molecule has 0 heterocycles. The molecule has 0 spiro atoms. The molecule has 5 heteroatoms. The summed E-state index contributed by atoms with van der Waals surface area (Å²) in [6.07, 6.45) is 0.894. The Bertz CT molecular complexity index is 307. The van der Waals surface area contributed by atoms with Crippen LogP contribution in [0.5, 0.6) is 0 Å². The first kappa shape index (κ1) is 13.8. The summed E-state index contributed by atoms with van der Waals surface area (Å²) in [5.74, 6) is 0.829. The van der Waals surface area contributed by atoms with E-state index < -0.39 is 0 Å². The molecule has 0 amide bonds. The van der Waals surface area contributed by atoms with E-state index in [4.69, 9.17) is 22.7 Å². The molecule has 1 aromatic carbocycles. The summed E-state index contributed by atoms with van der Waals surface area (Å²) in [5, 5.41) is 7.94. The molecule has 0 atom stereocenters.